The van der Waals surface area contributed by atoms with Crippen molar-refractivity contribution >= 4 is 39.4 Å². The molecule has 1 saturated heterocycles. The largest absolute Gasteiger partial charge is 0.497 e. The molecule has 0 saturated carbocycles. The minimum Gasteiger partial charge on any atom is -0.497 e. The highest BCUT2D eigenvalue weighted by molar-refractivity contribution is 7.92. The third-order valence-corrected chi connectivity index (χ3v) is 8.78. The number of halogens is 4. The van der Waals surface area contributed by atoms with Gasteiger partial charge in [0.2, 0.25) is 5.95 Å². The van der Waals surface area contributed by atoms with E-state index in [1.54, 1.807) is 0 Å². The number of hydrogen-bond donors (Lipinski definition) is 0. The fraction of sp³-hybridized carbons (Fsp3) is 0.308. The molecule has 4 rings (SSSR count). The average Bonchev–Trinajstić information content (AvgIpc) is 3.38. The standard InChI is InChI=1S/C26H25ClF3N3O6S/c1-37-17-8-7-16(20(11-17)38-2)13-33(22-6-4-5-21(29)31-22)40(35,36)25-18(28)12-19(23(27)24(25)30)32-10-9-26(14-32,15-34)39-3/h4-8,11-12,15H,9-10,13-14H2,1-3H3. The molecule has 0 radical (unpaired) electrons. The van der Waals surface area contributed by atoms with Crippen LogP contribution in [0.1, 0.15) is 12.0 Å². The van der Waals surface area contributed by atoms with Gasteiger partial charge in [-0.3, -0.25) is 0 Å². The van der Waals surface area contributed by atoms with Gasteiger partial charge in [0.1, 0.15) is 33.8 Å². The number of nitrogens with zero attached hydrogens (tertiary/aromatic N) is 3. The number of hydrogen-bond acceptors (Lipinski definition) is 8. The summed E-state index contributed by atoms with van der Waals surface area (Å²) >= 11 is 6.25. The molecule has 1 fully saturated rings. The van der Waals surface area contributed by atoms with Gasteiger partial charge < -0.3 is 23.9 Å². The Balaban J connectivity index is 1.83. The van der Waals surface area contributed by atoms with E-state index in [2.05, 4.69) is 4.98 Å². The summed E-state index contributed by atoms with van der Waals surface area (Å²) in [5.41, 5.74) is -1.08. The molecule has 0 amide bonds. The molecule has 1 unspecified atom stereocenters. The minimum absolute atomic E-state index is 0.0473. The lowest BCUT2D eigenvalue weighted by Gasteiger charge is -2.27. The van der Waals surface area contributed by atoms with Crippen molar-refractivity contribution in [2.45, 2.75) is 23.5 Å². The molecule has 0 aliphatic carbocycles. The van der Waals surface area contributed by atoms with E-state index in [0.29, 0.717) is 16.3 Å². The van der Waals surface area contributed by atoms with Crippen LogP contribution in [-0.2, 0) is 26.1 Å². The number of ether oxygens (including phenoxy) is 3. The summed E-state index contributed by atoms with van der Waals surface area (Å²) in [6, 6.07) is 8.66. The number of benzene rings is 2. The quantitative estimate of drug-likeness (QED) is 0.193. The Kier molecular flexibility index (Phi) is 8.47. The number of aldehydes is 1. The SMILES string of the molecule is COc1ccc(CN(c2cccc(F)n2)S(=O)(=O)c2c(F)cc(N3CCC(C=O)(OC)C3)c(Cl)c2F)c(OC)c1. The van der Waals surface area contributed by atoms with E-state index < -0.39 is 55.5 Å². The molecule has 0 spiro atoms. The molecular formula is C26H25ClF3N3O6S. The summed E-state index contributed by atoms with van der Waals surface area (Å²) in [5, 5.41) is -0.674. The molecule has 3 aromatic rings. The third kappa shape index (κ3) is 5.40. The number of carbonyl (C=O) groups is 1. The number of pyridine rings is 1. The van der Waals surface area contributed by atoms with Gasteiger partial charge in [-0.25, -0.2) is 26.5 Å². The maximum Gasteiger partial charge on any atom is 0.271 e. The first kappa shape index (κ1) is 29.4. The fourth-order valence-electron chi connectivity index (χ4n) is 4.43. The molecule has 0 bridgehead atoms. The maximum atomic E-state index is 15.7. The van der Waals surface area contributed by atoms with Crippen LogP contribution in [0.2, 0.25) is 5.02 Å². The van der Waals surface area contributed by atoms with Crippen molar-refractivity contribution in [3.63, 3.8) is 0 Å². The van der Waals surface area contributed by atoms with Crippen LogP contribution >= 0.6 is 11.6 Å². The van der Waals surface area contributed by atoms with Crippen LogP contribution < -0.4 is 18.7 Å². The first-order valence-electron chi connectivity index (χ1n) is 11.8. The summed E-state index contributed by atoms with van der Waals surface area (Å²) < 4.78 is 89.4. The Morgan fingerprint density at radius 1 is 1.12 bits per heavy atom. The smallest absolute Gasteiger partial charge is 0.271 e. The fourth-order valence-corrected chi connectivity index (χ4v) is 6.26. The normalized spacial score (nSPS) is 17.1. The molecular weight excluding hydrogens is 575 g/mol. The lowest BCUT2D eigenvalue weighted by atomic mass is 10.1. The van der Waals surface area contributed by atoms with Gasteiger partial charge in [-0.2, -0.15) is 4.39 Å². The van der Waals surface area contributed by atoms with Crippen molar-refractivity contribution < 1.29 is 40.6 Å². The number of rotatable bonds is 10. The number of methoxy groups -OCH3 is 3. The first-order chi connectivity index (χ1) is 19.0. The van der Waals surface area contributed by atoms with Crippen molar-refractivity contribution in [2.24, 2.45) is 0 Å². The topological polar surface area (TPSA) is 98.3 Å². The van der Waals surface area contributed by atoms with E-state index >= 15 is 8.78 Å². The van der Waals surface area contributed by atoms with Gasteiger partial charge in [-0.1, -0.05) is 17.7 Å². The Bertz CT molecular complexity index is 1540. The summed E-state index contributed by atoms with van der Waals surface area (Å²) in [4.78, 5) is 15.2. The van der Waals surface area contributed by atoms with Crippen LogP contribution in [0.5, 0.6) is 11.5 Å². The lowest BCUT2D eigenvalue weighted by Crippen LogP contribution is -2.37. The second kappa shape index (κ2) is 11.5. The van der Waals surface area contributed by atoms with Gasteiger partial charge in [-0.05, 0) is 24.3 Å². The predicted octanol–water partition coefficient (Wildman–Crippen LogP) is 4.36. The average molecular weight is 600 g/mol. The van der Waals surface area contributed by atoms with Gasteiger partial charge >= 0.3 is 0 Å². The number of sulfonamides is 1. The Hall–Kier alpha value is -3.55. The number of carbonyl (C=O) groups excluding carboxylic acids is 1. The molecule has 214 valence electrons. The van der Waals surface area contributed by atoms with E-state index in [0.717, 1.165) is 12.1 Å². The van der Waals surface area contributed by atoms with Crippen molar-refractivity contribution in [3.05, 3.63) is 70.6 Å². The van der Waals surface area contributed by atoms with Crippen molar-refractivity contribution in [2.75, 3.05) is 43.6 Å². The zero-order valence-electron chi connectivity index (χ0n) is 21.7. The summed E-state index contributed by atoms with van der Waals surface area (Å²) in [7, 11) is -0.974. The highest BCUT2D eigenvalue weighted by atomic mass is 35.5. The second-order valence-electron chi connectivity index (χ2n) is 8.90. The first-order valence-corrected chi connectivity index (χ1v) is 13.6. The monoisotopic (exact) mass is 599 g/mol. The third-order valence-electron chi connectivity index (χ3n) is 6.63. The maximum absolute atomic E-state index is 15.7. The highest BCUT2D eigenvalue weighted by Crippen LogP contribution is 2.40. The van der Waals surface area contributed by atoms with Crippen LogP contribution in [-0.4, -0.2) is 59.7 Å². The van der Waals surface area contributed by atoms with Gasteiger partial charge in [0.15, 0.2) is 17.0 Å². The zero-order chi connectivity index (χ0) is 29.2. The number of aromatic nitrogens is 1. The Labute approximate surface area is 234 Å². The van der Waals surface area contributed by atoms with Gasteiger partial charge in [0.25, 0.3) is 10.0 Å². The van der Waals surface area contributed by atoms with Gasteiger partial charge in [0.05, 0.1) is 33.0 Å². The van der Waals surface area contributed by atoms with E-state index in [1.807, 2.05) is 0 Å². The van der Waals surface area contributed by atoms with Crippen LogP contribution in [0.15, 0.2) is 47.4 Å². The highest BCUT2D eigenvalue weighted by Gasteiger charge is 2.41. The van der Waals surface area contributed by atoms with Crippen molar-refractivity contribution in [1.29, 1.82) is 0 Å². The Morgan fingerprint density at radius 2 is 1.88 bits per heavy atom. The summed E-state index contributed by atoms with van der Waals surface area (Å²) in [6.45, 7) is -0.409. The molecule has 9 nitrogen and oxygen atoms in total. The molecule has 14 heteroatoms. The predicted molar refractivity (Wildman–Crippen MR) is 141 cm³/mol. The van der Waals surface area contributed by atoms with Crippen molar-refractivity contribution in [1.82, 2.24) is 4.98 Å². The molecule has 1 atom stereocenters. The molecule has 1 aliphatic rings. The lowest BCUT2D eigenvalue weighted by molar-refractivity contribution is -0.125. The molecule has 40 heavy (non-hydrogen) atoms. The molecule has 1 aliphatic heterocycles. The van der Waals surface area contributed by atoms with E-state index in [-0.39, 0.29) is 36.5 Å². The summed E-state index contributed by atoms with van der Waals surface area (Å²) in [6.07, 6.45) is 0.832. The van der Waals surface area contributed by atoms with Crippen LogP contribution in [0.3, 0.4) is 0 Å². The second-order valence-corrected chi connectivity index (χ2v) is 11.1. The molecule has 2 aromatic carbocycles. The molecule has 0 N–H and O–H groups in total. The van der Waals surface area contributed by atoms with E-state index in [4.69, 9.17) is 25.8 Å². The molecule has 2 heterocycles. The van der Waals surface area contributed by atoms with Crippen LogP contribution in [0.4, 0.5) is 24.7 Å². The van der Waals surface area contributed by atoms with Crippen LogP contribution in [0, 0.1) is 17.6 Å². The zero-order valence-corrected chi connectivity index (χ0v) is 23.2. The van der Waals surface area contributed by atoms with E-state index in [1.165, 1.54) is 56.6 Å². The van der Waals surface area contributed by atoms with Gasteiger partial charge in [0, 0.05) is 37.8 Å². The van der Waals surface area contributed by atoms with Gasteiger partial charge in [-0.15, -0.1) is 0 Å². The Morgan fingerprint density at radius 3 is 2.48 bits per heavy atom. The van der Waals surface area contributed by atoms with Crippen molar-refractivity contribution in [3.8, 4) is 11.5 Å². The van der Waals surface area contributed by atoms with E-state index in [9.17, 15) is 17.6 Å². The summed E-state index contributed by atoms with van der Waals surface area (Å²) in [5.74, 6) is -3.84. The van der Waals surface area contributed by atoms with Crippen LogP contribution in [0.25, 0.3) is 0 Å². The molecule has 1 aromatic heterocycles. The minimum atomic E-state index is -5.08. The number of anilines is 2.